The smallest absolute Gasteiger partial charge is 0.270 e. The fourth-order valence-electron chi connectivity index (χ4n) is 4.96. The van der Waals surface area contributed by atoms with Gasteiger partial charge < -0.3 is 14.2 Å². The number of carbonyl (C=O) groups is 1. The molecule has 180 valence electrons. The quantitative estimate of drug-likeness (QED) is 0.368. The van der Waals surface area contributed by atoms with Crippen LogP contribution in [-0.2, 0) is 13.1 Å². The molecule has 1 amide bonds. The molecule has 0 N–H and O–H groups in total. The van der Waals surface area contributed by atoms with Crippen molar-refractivity contribution in [3.63, 3.8) is 0 Å². The molecule has 1 saturated heterocycles. The molecule has 1 aromatic heterocycles. The van der Waals surface area contributed by atoms with E-state index in [9.17, 15) is 4.79 Å². The van der Waals surface area contributed by atoms with Gasteiger partial charge in [0.2, 0.25) is 0 Å². The van der Waals surface area contributed by atoms with E-state index in [1.807, 2.05) is 36.1 Å². The molecule has 5 nitrogen and oxygen atoms in total. The summed E-state index contributed by atoms with van der Waals surface area (Å²) in [5, 5.41) is 0.994. The Labute approximate surface area is 207 Å². The second-order valence-electron chi connectivity index (χ2n) is 9.22. The van der Waals surface area contributed by atoms with Gasteiger partial charge >= 0.3 is 0 Å². The Hall–Kier alpha value is -3.57. The zero-order valence-corrected chi connectivity index (χ0v) is 20.6. The van der Waals surface area contributed by atoms with Crippen molar-refractivity contribution in [1.29, 1.82) is 0 Å². The van der Waals surface area contributed by atoms with Crippen LogP contribution in [0.1, 0.15) is 34.1 Å². The normalized spacial score (nSPS) is 14.4. The lowest BCUT2D eigenvalue weighted by molar-refractivity contribution is 0.0619. The maximum atomic E-state index is 13.8. The number of benzene rings is 3. The van der Waals surface area contributed by atoms with E-state index in [1.165, 1.54) is 16.7 Å². The molecule has 4 aromatic rings. The van der Waals surface area contributed by atoms with Crippen LogP contribution in [-0.4, -0.2) is 53.1 Å². The molecule has 1 aliphatic rings. The summed E-state index contributed by atoms with van der Waals surface area (Å²) in [7, 11) is 0. The molecule has 0 unspecified atom stereocenters. The Balaban J connectivity index is 1.42. The van der Waals surface area contributed by atoms with E-state index in [-0.39, 0.29) is 5.91 Å². The highest BCUT2D eigenvalue weighted by molar-refractivity contribution is 6.00. The second kappa shape index (κ2) is 10.4. The first-order valence-corrected chi connectivity index (χ1v) is 12.5. The van der Waals surface area contributed by atoms with Crippen LogP contribution in [0.25, 0.3) is 10.9 Å². The molecule has 0 aliphatic carbocycles. The van der Waals surface area contributed by atoms with E-state index in [0.717, 1.165) is 55.1 Å². The summed E-state index contributed by atoms with van der Waals surface area (Å²) < 4.78 is 8.08. The molecular formula is C30H33N3O2. The van der Waals surface area contributed by atoms with Gasteiger partial charge in [0.1, 0.15) is 11.4 Å². The summed E-state index contributed by atoms with van der Waals surface area (Å²) in [5.41, 5.74) is 5.52. The van der Waals surface area contributed by atoms with Gasteiger partial charge in [0.05, 0.1) is 12.1 Å². The van der Waals surface area contributed by atoms with Crippen molar-refractivity contribution in [3.05, 3.63) is 101 Å². The van der Waals surface area contributed by atoms with Crippen molar-refractivity contribution in [2.45, 2.75) is 26.9 Å². The van der Waals surface area contributed by atoms with Crippen LogP contribution in [0.5, 0.6) is 5.75 Å². The minimum Gasteiger partial charge on any atom is -0.493 e. The van der Waals surface area contributed by atoms with Gasteiger partial charge in [-0.25, -0.2) is 0 Å². The van der Waals surface area contributed by atoms with Gasteiger partial charge in [0, 0.05) is 44.7 Å². The molecule has 0 radical (unpaired) electrons. The number of aryl methyl sites for hydroxylation is 1. The summed E-state index contributed by atoms with van der Waals surface area (Å²) in [6, 6.07) is 27.0. The topological polar surface area (TPSA) is 37.7 Å². The standard InChI is InChI=1S/C30H33N3O2/c1-3-35-29-15-9-14-27-26(29)20-28(33(27)22-25-13-8-7-10-23(25)2)30(34)32-18-16-31(17-19-32)21-24-11-5-4-6-12-24/h4-15,20H,3,16-19,21-22H2,1-2H3. The largest absolute Gasteiger partial charge is 0.493 e. The van der Waals surface area contributed by atoms with Gasteiger partial charge in [-0.05, 0) is 48.7 Å². The number of rotatable bonds is 7. The third kappa shape index (κ3) is 4.96. The van der Waals surface area contributed by atoms with Gasteiger partial charge in [-0.3, -0.25) is 9.69 Å². The average Bonchev–Trinajstić information content (AvgIpc) is 3.25. The molecule has 5 heteroatoms. The number of hydrogen-bond donors (Lipinski definition) is 0. The minimum absolute atomic E-state index is 0.0941. The molecular weight excluding hydrogens is 434 g/mol. The Morgan fingerprint density at radius 3 is 2.34 bits per heavy atom. The molecule has 1 aliphatic heterocycles. The first kappa shape index (κ1) is 23.2. The molecule has 1 fully saturated rings. The Kier molecular flexibility index (Phi) is 6.87. The molecule has 0 spiro atoms. The van der Waals surface area contributed by atoms with E-state index in [1.54, 1.807) is 0 Å². The fourth-order valence-corrected chi connectivity index (χ4v) is 4.96. The zero-order chi connectivity index (χ0) is 24.2. The zero-order valence-electron chi connectivity index (χ0n) is 20.6. The Morgan fingerprint density at radius 2 is 1.60 bits per heavy atom. The van der Waals surface area contributed by atoms with Crippen molar-refractivity contribution in [1.82, 2.24) is 14.4 Å². The van der Waals surface area contributed by atoms with Crippen molar-refractivity contribution < 1.29 is 9.53 Å². The predicted octanol–water partition coefficient (Wildman–Crippen LogP) is 5.35. The Morgan fingerprint density at radius 1 is 0.857 bits per heavy atom. The monoisotopic (exact) mass is 467 g/mol. The summed E-state index contributed by atoms with van der Waals surface area (Å²) in [6.07, 6.45) is 0. The first-order valence-electron chi connectivity index (χ1n) is 12.5. The number of piperazine rings is 1. The highest BCUT2D eigenvalue weighted by Gasteiger charge is 2.26. The summed E-state index contributed by atoms with van der Waals surface area (Å²) in [6.45, 7) is 9.51. The van der Waals surface area contributed by atoms with Gasteiger partial charge in [-0.15, -0.1) is 0 Å². The van der Waals surface area contributed by atoms with E-state index < -0.39 is 0 Å². The molecule has 0 atom stereocenters. The molecule has 0 bridgehead atoms. The third-order valence-corrected chi connectivity index (χ3v) is 6.92. The van der Waals surface area contributed by atoms with Crippen LogP contribution in [0.4, 0.5) is 0 Å². The number of nitrogens with zero attached hydrogens (tertiary/aromatic N) is 3. The van der Waals surface area contributed by atoms with Crippen molar-refractivity contribution >= 4 is 16.8 Å². The van der Waals surface area contributed by atoms with Gasteiger partial charge in [0.25, 0.3) is 5.91 Å². The highest BCUT2D eigenvalue weighted by atomic mass is 16.5. The van der Waals surface area contributed by atoms with Crippen molar-refractivity contribution in [2.24, 2.45) is 0 Å². The molecule has 35 heavy (non-hydrogen) atoms. The number of carbonyl (C=O) groups excluding carboxylic acids is 1. The Bertz CT molecular complexity index is 1300. The number of fused-ring (bicyclic) bond motifs is 1. The van der Waals surface area contributed by atoms with Crippen LogP contribution in [0, 0.1) is 6.92 Å². The van der Waals surface area contributed by atoms with E-state index in [4.69, 9.17) is 4.74 Å². The van der Waals surface area contributed by atoms with Crippen LogP contribution < -0.4 is 4.74 Å². The number of hydrogen-bond acceptors (Lipinski definition) is 3. The van der Waals surface area contributed by atoms with E-state index in [0.29, 0.717) is 13.2 Å². The lowest BCUT2D eigenvalue weighted by atomic mass is 10.1. The van der Waals surface area contributed by atoms with Crippen LogP contribution in [0.3, 0.4) is 0 Å². The van der Waals surface area contributed by atoms with Gasteiger partial charge in [-0.2, -0.15) is 0 Å². The lowest BCUT2D eigenvalue weighted by Gasteiger charge is -2.35. The number of amides is 1. The SMILES string of the molecule is CCOc1cccc2c1cc(C(=O)N1CCN(Cc3ccccc3)CC1)n2Cc1ccccc1C. The predicted molar refractivity (Wildman–Crippen MR) is 141 cm³/mol. The van der Waals surface area contributed by atoms with E-state index >= 15 is 0 Å². The second-order valence-corrected chi connectivity index (χ2v) is 9.22. The first-order chi connectivity index (χ1) is 17.1. The summed E-state index contributed by atoms with van der Waals surface area (Å²) >= 11 is 0. The maximum absolute atomic E-state index is 13.8. The highest BCUT2D eigenvalue weighted by Crippen LogP contribution is 2.31. The summed E-state index contributed by atoms with van der Waals surface area (Å²) in [4.78, 5) is 18.3. The van der Waals surface area contributed by atoms with Crippen molar-refractivity contribution in [2.75, 3.05) is 32.8 Å². The van der Waals surface area contributed by atoms with Crippen LogP contribution >= 0.6 is 0 Å². The van der Waals surface area contributed by atoms with Gasteiger partial charge in [-0.1, -0.05) is 60.7 Å². The minimum atomic E-state index is 0.0941. The molecule has 0 saturated carbocycles. The number of ether oxygens (including phenoxy) is 1. The maximum Gasteiger partial charge on any atom is 0.270 e. The molecule has 3 aromatic carbocycles. The van der Waals surface area contributed by atoms with Crippen LogP contribution in [0.15, 0.2) is 78.9 Å². The van der Waals surface area contributed by atoms with Crippen molar-refractivity contribution in [3.8, 4) is 5.75 Å². The number of aromatic nitrogens is 1. The van der Waals surface area contributed by atoms with Crippen LogP contribution in [0.2, 0.25) is 0 Å². The fraction of sp³-hybridized carbons (Fsp3) is 0.300. The third-order valence-electron chi connectivity index (χ3n) is 6.92. The summed E-state index contributed by atoms with van der Waals surface area (Å²) in [5.74, 6) is 0.923. The lowest BCUT2D eigenvalue weighted by Crippen LogP contribution is -2.48. The molecule has 2 heterocycles. The van der Waals surface area contributed by atoms with Gasteiger partial charge in [0.15, 0.2) is 0 Å². The average molecular weight is 468 g/mol. The molecule has 5 rings (SSSR count). The van der Waals surface area contributed by atoms with E-state index in [2.05, 4.69) is 71.0 Å².